The SMILES string of the molecule is CCOP1(=O)CCN(Cc2ncoc2-c2ccccc2)CC1(CCCCN(C(=O)OC(C)(C)C)C(=O)OC(C)(C)C)C(=O)OC(C)(C)C. The Bertz CT molecular complexity index is 1410. The van der Waals surface area contributed by atoms with E-state index in [1.165, 1.54) is 6.39 Å². The van der Waals surface area contributed by atoms with Crippen LogP contribution in [0.3, 0.4) is 0 Å². The van der Waals surface area contributed by atoms with Crippen molar-refractivity contribution >= 4 is 25.5 Å². The van der Waals surface area contributed by atoms with Crippen LogP contribution in [0.2, 0.25) is 0 Å². The highest BCUT2D eigenvalue weighted by Crippen LogP contribution is 2.64. The van der Waals surface area contributed by atoms with Crippen LogP contribution >= 0.6 is 7.37 Å². The molecular weight excluding hydrogens is 637 g/mol. The Hall–Kier alpha value is -3.21. The highest BCUT2D eigenvalue weighted by molar-refractivity contribution is 7.62. The third kappa shape index (κ3) is 10.6. The molecule has 48 heavy (non-hydrogen) atoms. The number of amides is 2. The van der Waals surface area contributed by atoms with Gasteiger partial charge in [-0.15, -0.1) is 0 Å². The van der Waals surface area contributed by atoms with Crippen LogP contribution in [0.5, 0.6) is 0 Å². The van der Waals surface area contributed by atoms with Gasteiger partial charge in [-0.1, -0.05) is 30.3 Å². The number of ether oxygens (including phenoxy) is 3. The molecule has 0 saturated carbocycles. The number of unbranched alkanes of at least 4 members (excludes halogenated alkanes) is 1. The Morgan fingerprint density at radius 2 is 1.50 bits per heavy atom. The summed E-state index contributed by atoms with van der Waals surface area (Å²) in [5, 5.41) is -1.51. The average molecular weight is 692 g/mol. The summed E-state index contributed by atoms with van der Waals surface area (Å²) in [4.78, 5) is 47.8. The molecule has 2 atom stereocenters. The highest BCUT2D eigenvalue weighted by atomic mass is 31.2. The number of hydrogen-bond donors (Lipinski definition) is 0. The number of carbonyl (C=O) groups is 3. The van der Waals surface area contributed by atoms with E-state index in [4.69, 9.17) is 23.2 Å². The number of aromatic nitrogens is 1. The molecule has 0 radical (unpaired) electrons. The van der Waals surface area contributed by atoms with Gasteiger partial charge in [0.15, 0.2) is 17.3 Å². The topological polar surface area (TPSA) is 138 Å². The summed E-state index contributed by atoms with van der Waals surface area (Å²) in [5.41, 5.74) is -0.950. The first-order valence-electron chi connectivity index (χ1n) is 16.6. The Labute approximate surface area is 285 Å². The molecule has 2 amide bonds. The van der Waals surface area contributed by atoms with Crippen molar-refractivity contribution in [2.24, 2.45) is 0 Å². The van der Waals surface area contributed by atoms with Gasteiger partial charge < -0.3 is 23.2 Å². The molecule has 12 nitrogen and oxygen atoms in total. The molecule has 3 rings (SSSR count). The molecule has 2 heterocycles. The molecular formula is C35H54N3O9P. The Kier molecular flexibility index (Phi) is 12.7. The van der Waals surface area contributed by atoms with Crippen LogP contribution in [0, 0.1) is 0 Å². The summed E-state index contributed by atoms with van der Waals surface area (Å²) in [5.74, 6) is 0.0254. The maximum atomic E-state index is 14.8. The summed E-state index contributed by atoms with van der Waals surface area (Å²) < 4.78 is 43.5. The summed E-state index contributed by atoms with van der Waals surface area (Å²) in [6.45, 7) is 18.3. The predicted octanol–water partition coefficient (Wildman–Crippen LogP) is 7.89. The van der Waals surface area contributed by atoms with E-state index in [1.807, 2.05) is 35.2 Å². The lowest BCUT2D eigenvalue weighted by Gasteiger charge is -2.46. The number of esters is 1. The van der Waals surface area contributed by atoms with E-state index in [2.05, 4.69) is 4.98 Å². The molecule has 0 N–H and O–H groups in total. The van der Waals surface area contributed by atoms with Crippen molar-refractivity contribution in [2.45, 2.75) is 117 Å². The van der Waals surface area contributed by atoms with E-state index in [0.717, 1.165) is 10.5 Å². The van der Waals surface area contributed by atoms with Crippen LogP contribution in [0.1, 0.15) is 94.2 Å². The summed E-state index contributed by atoms with van der Waals surface area (Å²) >= 11 is 0. The third-order valence-electron chi connectivity index (χ3n) is 7.46. The minimum Gasteiger partial charge on any atom is -0.459 e. The van der Waals surface area contributed by atoms with E-state index < -0.39 is 47.5 Å². The Morgan fingerprint density at radius 1 is 0.917 bits per heavy atom. The van der Waals surface area contributed by atoms with Gasteiger partial charge in [0.05, 0.1) is 6.61 Å². The molecule has 268 valence electrons. The van der Waals surface area contributed by atoms with E-state index in [1.54, 1.807) is 69.2 Å². The maximum absolute atomic E-state index is 14.8. The van der Waals surface area contributed by atoms with Crippen molar-refractivity contribution < 1.29 is 42.1 Å². The Balaban J connectivity index is 1.91. The normalized spacial score (nSPS) is 20.6. The first-order valence-corrected chi connectivity index (χ1v) is 18.4. The zero-order chi connectivity index (χ0) is 36.0. The van der Waals surface area contributed by atoms with Gasteiger partial charge >= 0.3 is 18.2 Å². The van der Waals surface area contributed by atoms with E-state index in [0.29, 0.717) is 31.0 Å². The van der Waals surface area contributed by atoms with Gasteiger partial charge in [0, 0.05) is 37.9 Å². The van der Waals surface area contributed by atoms with Gasteiger partial charge in [0.25, 0.3) is 0 Å². The zero-order valence-corrected chi connectivity index (χ0v) is 31.2. The quantitative estimate of drug-likeness (QED) is 0.0984. The smallest absolute Gasteiger partial charge is 0.419 e. The average Bonchev–Trinajstić information content (AvgIpc) is 3.40. The van der Waals surface area contributed by atoms with Crippen LogP contribution in [0.25, 0.3) is 11.3 Å². The van der Waals surface area contributed by atoms with E-state index in [9.17, 15) is 18.9 Å². The molecule has 2 aromatic rings. The number of benzene rings is 1. The molecule has 1 aromatic carbocycles. The summed E-state index contributed by atoms with van der Waals surface area (Å²) in [6, 6.07) is 9.63. The van der Waals surface area contributed by atoms with Crippen molar-refractivity contribution in [2.75, 3.05) is 32.4 Å². The second-order valence-corrected chi connectivity index (χ2v) is 18.0. The van der Waals surface area contributed by atoms with Gasteiger partial charge in [-0.3, -0.25) is 14.3 Å². The highest BCUT2D eigenvalue weighted by Gasteiger charge is 2.59. The lowest BCUT2D eigenvalue weighted by molar-refractivity contribution is -0.160. The first-order chi connectivity index (χ1) is 22.2. The number of nitrogens with zero attached hydrogens (tertiary/aromatic N) is 3. The molecule has 1 aromatic heterocycles. The van der Waals surface area contributed by atoms with E-state index >= 15 is 0 Å². The molecule has 1 aliphatic rings. The van der Waals surface area contributed by atoms with E-state index in [-0.39, 0.29) is 38.7 Å². The molecule has 1 aliphatic heterocycles. The van der Waals surface area contributed by atoms with Crippen molar-refractivity contribution in [1.82, 2.24) is 14.8 Å². The van der Waals surface area contributed by atoms with Crippen LogP contribution in [-0.2, 0) is 34.6 Å². The standard InChI is InChI=1S/C35H54N3O9P/c1-11-44-48(42)22-21-37(23-27-28(43-25-36-27)26-17-13-12-14-18-26)24-35(48,29(39)45-32(2,3)4)19-15-16-20-38(30(40)46-33(5,6)7)31(41)47-34(8,9)10/h12-14,17-18,25H,11,15-16,19-24H2,1-10H3. The van der Waals surface area contributed by atoms with Crippen LogP contribution in [0.4, 0.5) is 9.59 Å². The number of oxazole rings is 1. The Morgan fingerprint density at radius 3 is 2.04 bits per heavy atom. The van der Waals surface area contributed by atoms with Gasteiger partial charge in [-0.25, -0.2) is 19.5 Å². The van der Waals surface area contributed by atoms with Gasteiger partial charge in [-0.2, -0.15) is 0 Å². The van der Waals surface area contributed by atoms with Crippen molar-refractivity contribution in [3.05, 3.63) is 42.4 Å². The molecule has 0 bridgehead atoms. The van der Waals surface area contributed by atoms with Crippen molar-refractivity contribution in [3.63, 3.8) is 0 Å². The third-order valence-corrected chi connectivity index (χ3v) is 10.8. The molecule has 0 aliphatic carbocycles. The van der Waals surface area contributed by atoms with Gasteiger partial charge in [0.2, 0.25) is 7.37 Å². The van der Waals surface area contributed by atoms with Crippen molar-refractivity contribution in [3.8, 4) is 11.3 Å². The van der Waals surface area contributed by atoms with Crippen LogP contribution < -0.4 is 0 Å². The number of carbonyl (C=O) groups excluding carboxylic acids is 3. The summed E-state index contributed by atoms with van der Waals surface area (Å²) in [7, 11) is -3.61. The zero-order valence-electron chi connectivity index (χ0n) is 30.3. The summed E-state index contributed by atoms with van der Waals surface area (Å²) in [6.07, 6.45) is 0.627. The fraction of sp³-hybridized carbons (Fsp3) is 0.657. The second kappa shape index (κ2) is 15.6. The molecule has 1 saturated heterocycles. The minimum atomic E-state index is -3.61. The predicted molar refractivity (Wildman–Crippen MR) is 183 cm³/mol. The lowest BCUT2D eigenvalue weighted by Crippen LogP contribution is -2.56. The van der Waals surface area contributed by atoms with Gasteiger partial charge in [-0.05, 0) is 88.5 Å². The van der Waals surface area contributed by atoms with Gasteiger partial charge in [0.1, 0.15) is 22.5 Å². The monoisotopic (exact) mass is 691 g/mol. The molecule has 13 heteroatoms. The fourth-order valence-electron chi connectivity index (χ4n) is 5.50. The number of imide groups is 1. The minimum absolute atomic E-state index is 0.0315. The lowest BCUT2D eigenvalue weighted by atomic mass is 9.98. The molecule has 0 spiro atoms. The second-order valence-electron chi connectivity index (χ2n) is 15.1. The molecule has 1 fully saturated rings. The van der Waals surface area contributed by atoms with Crippen LogP contribution in [0.15, 0.2) is 41.1 Å². The molecule has 2 unspecified atom stereocenters. The van der Waals surface area contributed by atoms with Crippen LogP contribution in [-0.4, -0.2) is 87.3 Å². The largest absolute Gasteiger partial charge is 0.459 e. The van der Waals surface area contributed by atoms with Crippen molar-refractivity contribution in [1.29, 1.82) is 0 Å². The number of hydrogen-bond acceptors (Lipinski definition) is 11. The maximum Gasteiger partial charge on any atom is 0.419 e. The fourth-order valence-corrected chi connectivity index (χ4v) is 8.51. The number of rotatable bonds is 11. The first kappa shape index (κ1) is 39.2.